The molecule has 3 rings (SSSR count). The van der Waals surface area contributed by atoms with Crippen LogP contribution < -0.4 is 5.32 Å². The lowest BCUT2D eigenvalue weighted by atomic mass is 10.1. The summed E-state index contributed by atoms with van der Waals surface area (Å²) in [5, 5.41) is 11.5. The minimum absolute atomic E-state index is 0.664. The molecule has 2 aromatic rings. The number of ether oxygens (including phenoxy) is 1. The van der Waals surface area contributed by atoms with Gasteiger partial charge in [0.05, 0.1) is 6.61 Å². The van der Waals surface area contributed by atoms with Gasteiger partial charge in [0.15, 0.2) is 5.82 Å². The molecule has 0 radical (unpaired) electrons. The summed E-state index contributed by atoms with van der Waals surface area (Å²) in [6.45, 7) is 3.34. The van der Waals surface area contributed by atoms with Crippen LogP contribution in [0.1, 0.15) is 11.1 Å². The number of rotatable bonds is 4. The van der Waals surface area contributed by atoms with Gasteiger partial charge in [-0.1, -0.05) is 12.1 Å². The van der Waals surface area contributed by atoms with Crippen molar-refractivity contribution in [3.05, 3.63) is 35.7 Å². The lowest BCUT2D eigenvalue weighted by molar-refractivity contribution is 0.187. The Bertz CT molecular complexity index is 550. The van der Waals surface area contributed by atoms with Crippen LogP contribution in [0.25, 0.3) is 11.4 Å². The van der Waals surface area contributed by atoms with E-state index in [0.717, 1.165) is 31.0 Å². The molecule has 18 heavy (non-hydrogen) atoms. The fraction of sp³-hybridized carbons (Fsp3) is 0.385. The van der Waals surface area contributed by atoms with Crippen molar-refractivity contribution in [3.63, 3.8) is 0 Å². The van der Waals surface area contributed by atoms with Crippen molar-refractivity contribution in [1.29, 1.82) is 0 Å². The number of nitrogens with one attached hydrogen (secondary N) is 1. The zero-order valence-electron chi connectivity index (χ0n) is 10.4. The zero-order valence-corrected chi connectivity index (χ0v) is 10.4. The molecule has 0 fully saturated rings. The largest absolute Gasteiger partial charge is 0.383 e. The van der Waals surface area contributed by atoms with E-state index in [-0.39, 0.29) is 0 Å². The fourth-order valence-electron chi connectivity index (χ4n) is 2.27. The third-order valence-corrected chi connectivity index (χ3v) is 3.25. The first-order valence-corrected chi connectivity index (χ1v) is 6.08. The molecule has 0 aliphatic carbocycles. The van der Waals surface area contributed by atoms with E-state index in [4.69, 9.17) is 4.74 Å². The average molecular weight is 244 g/mol. The summed E-state index contributed by atoms with van der Waals surface area (Å²) in [6, 6.07) is 6.47. The van der Waals surface area contributed by atoms with Crippen LogP contribution in [0.5, 0.6) is 0 Å². The first-order chi connectivity index (χ1) is 8.88. The third kappa shape index (κ3) is 2.02. The van der Waals surface area contributed by atoms with Crippen LogP contribution >= 0.6 is 0 Å². The lowest BCUT2D eigenvalue weighted by Gasteiger charge is -2.07. The quantitative estimate of drug-likeness (QED) is 0.878. The third-order valence-electron chi connectivity index (χ3n) is 3.25. The normalized spacial score (nSPS) is 13.8. The molecular formula is C13H16N4O. The molecule has 2 heterocycles. The van der Waals surface area contributed by atoms with Crippen LogP contribution in [0.2, 0.25) is 0 Å². The topological polar surface area (TPSA) is 52.0 Å². The summed E-state index contributed by atoms with van der Waals surface area (Å²) >= 11 is 0. The second-order valence-corrected chi connectivity index (χ2v) is 4.43. The van der Waals surface area contributed by atoms with Crippen molar-refractivity contribution in [3.8, 4) is 11.4 Å². The number of methoxy groups -OCH3 is 1. The molecule has 1 N–H and O–H groups in total. The molecule has 5 nitrogen and oxygen atoms in total. The van der Waals surface area contributed by atoms with Gasteiger partial charge in [0, 0.05) is 32.3 Å². The van der Waals surface area contributed by atoms with Gasteiger partial charge in [-0.2, -0.15) is 0 Å². The van der Waals surface area contributed by atoms with E-state index in [9.17, 15) is 0 Å². The van der Waals surface area contributed by atoms with Crippen LogP contribution in [-0.2, 0) is 24.4 Å². The molecule has 5 heteroatoms. The molecule has 0 spiro atoms. The Labute approximate surface area is 106 Å². The molecular weight excluding hydrogens is 228 g/mol. The number of nitrogens with zero attached hydrogens (tertiary/aromatic N) is 3. The van der Waals surface area contributed by atoms with Gasteiger partial charge in [-0.25, -0.2) is 0 Å². The van der Waals surface area contributed by atoms with Gasteiger partial charge in [0.1, 0.15) is 6.33 Å². The van der Waals surface area contributed by atoms with Crippen LogP contribution in [-0.4, -0.2) is 28.5 Å². The monoisotopic (exact) mass is 244 g/mol. The Morgan fingerprint density at radius 3 is 3.11 bits per heavy atom. The van der Waals surface area contributed by atoms with Crippen LogP contribution in [0.3, 0.4) is 0 Å². The summed E-state index contributed by atoms with van der Waals surface area (Å²) in [7, 11) is 1.70. The highest BCUT2D eigenvalue weighted by molar-refractivity contribution is 5.58. The van der Waals surface area contributed by atoms with E-state index in [0.29, 0.717) is 6.61 Å². The van der Waals surface area contributed by atoms with E-state index in [2.05, 4.69) is 33.7 Å². The summed E-state index contributed by atoms with van der Waals surface area (Å²) in [6.07, 6.45) is 1.75. The SMILES string of the molecule is COCCn1cnnc1-c1ccc2c(c1)CNC2. The maximum absolute atomic E-state index is 5.09. The molecule has 94 valence electrons. The maximum atomic E-state index is 5.09. The van der Waals surface area contributed by atoms with E-state index >= 15 is 0 Å². The number of hydrogen-bond donors (Lipinski definition) is 1. The second kappa shape index (κ2) is 4.88. The van der Waals surface area contributed by atoms with Crippen LogP contribution in [0.15, 0.2) is 24.5 Å². The number of hydrogen-bond acceptors (Lipinski definition) is 4. The standard InChI is InChI=1S/C13H16N4O/c1-18-5-4-17-9-15-16-13(17)10-2-3-11-7-14-8-12(11)6-10/h2-3,6,9,14H,4-5,7-8H2,1H3. The van der Waals surface area contributed by atoms with Gasteiger partial charge in [-0.3, -0.25) is 0 Å². The Morgan fingerprint density at radius 2 is 2.22 bits per heavy atom. The highest BCUT2D eigenvalue weighted by Gasteiger charge is 2.13. The van der Waals surface area contributed by atoms with Crippen molar-refractivity contribution < 1.29 is 4.74 Å². The first-order valence-electron chi connectivity index (χ1n) is 6.08. The molecule has 0 unspecified atom stereocenters. The molecule has 0 bridgehead atoms. The van der Waals surface area contributed by atoms with E-state index in [1.54, 1.807) is 13.4 Å². The summed E-state index contributed by atoms with van der Waals surface area (Å²) in [5.74, 6) is 0.904. The van der Waals surface area contributed by atoms with Crippen LogP contribution in [0, 0.1) is 0 Å². The second-order valence-electron chi connectivity index (χ2n) is 4.43. The number of fused-ring (bicyclic) bond motifs is 1. The highest BCUT2D eigenvalue weighted by atomic mass is 16.5. The fourth-order valence-corrected chi connectivity index (χ4v) is 2.27. The first kappa shape index (κ1) is 11.4. The predicted octanol–water partition coefficient (Wildman–Crippen LogP) is 1.19. The van der Waals surface area contributed by atoms with Gasteiger partial charge in [0.25, 0.3) is 0 Å². The minimum Gasteiger partial charge on any atom is -0.383 e. The Kier molecular flexibility index (Phi) is 3.08. The van der Waals surface area contributed by atoms with Gasteiger partial charge in [-0.05, 0) is 17.2 Å². The van der Waals surface area contributed by atoms with Crippen molar-refractivity contribution in [2.75, 3.05) is 13.7 Å². The van der Waals surface area contributed by atoms with E-state index < -0.39 is 0 Å². The molecule has 0 saturated carbocycles. The molecule has 1 aliphatic rings. The highest BCUT2D eigenvalue weighted by Crippen LogP contribution is 2.23. The molecule has 1 aromatic carbocycles. The lowest BCUT2D eigenvalue weighted by Crippen LogP contribution is -2.05. The minimum atomic E-state index is 0.664. The average Bonchev–Trinajstić information content (AvgIpc) is 3.03. The number of aromatic nitrogens is 3. The van der Waals surface area contributed by atoms with Gasteiger partial charge in [-0.15, -0.1) is 10.2 Å². The Hall–Kier alpha value is -1.72. The zero-order chi connectivity index (χ0) is 12.4. The van der Waals surface area contributed by atoms with Crippen molar-refractivity contribution in [1.82, 2.24) is 20.1 Å². The Balaban J connectivity index is 1.92. The summed E-state index contributed by atoms with van der Waals surface area (Å²) in [5.41, 5.74) is 3.85. The van der Waals surface area contributed by atoms with E-state index in [1.807, 2.05) is 4.57 Å². The smallest absolute Gasteiger partial charge is 0.163 e. The summed E-state index contributed by atoms with van der Waals surface area (Å²) in [4.78, 5) is 0. The summed E-state index contributed by atoms with van der Waals surface area (Å²) < 4.78 is 7.12. The van der Waals surface area contributed by atoms with Crippen molar-refractivity contribution in [2.24, 2.45) is 0 Å². The molecule has 0 saturated heterocycles. The predicted molar refractivity (Wildman–Crippen MR) is 67.9 cm³/mol. The van der Waals surface area contributed by atoms with Crippen LogP contribution in [0.4, 0.5) is 0 Å². The Morgan fingerprint density at radius 1 is 1.33 bits per heavy atom. The van der Waals surface area contributed by atoms with Gasteiger partial charge in [0.2, 0.25) is 0 Å². The van der Waals surface area contributed by atoms with Gasteiger partial charge < -0.3 is 14.6 Å². The molecule has 0 amide bonds. The van der Waals surface area contributed by atoms with Gasteiger partial charge >= 0.3 is 0 Å². The maximum Gasteiger partial charge on any atom is 0.163 e. The van der Waals surface area contributed by atoms with E-state index in [1.165, 1.54) is 11.1 Å². The van der Waals surface area contributed by atoms with Crippen molar-refractivity contribution >= 4 is 0 Å². The molecule has 0 atom stereocenters. The molecule has 1 aromatic heterocycles. The van der Waals surface area contributed by atoms with Crippen molar-refractivity contribution in [2.45, 2.75) is 19.6 Å². The molecule has 1 aliphatic heterocycles. The number of benzene rings is 1.